The third-order valence-corrected chi connectivity index (χ3v) is 4.46. The first kappa shape index (κ1) is 14.3. The Kier molecular flexibility index (Phi) is 4.45. The summed E-state index contributed by atoms with van der Waals surface area (Å²) in [5.74, 6) is -0.976. The number of carbonyl (C=O) groups excluding carboxylic acids is 1. The van der Waals surface area contributed by atoms with E-state index in [-0.39, 0.29) is 23.8 Å². The lowest BCUT2D eigenvalue weighted by Gasteiger charge is -2.30. The Morgan fingerprint density at radius 3 is 2.47 bits per heavy atom. The zero-order chi connectivity index (χ0) is 14.0. The molecule has 19 heavy (non-hydrogen) atoms. The summed E-state index contributed by atoms with van der Waals surface area (Å²) in [7, 11) is 2.08. The summed E-state index contributed by atoms with van der Waals surface area (Å²) in [4.78, 5) is 27.8. The molecule has 0 spiro atoms. The molecule has 1 aliphatic heterocycles. The molecule has 0 bridgehead atoms. The maximum atomic E-state index is 12.6. The van der Waals surface area contributed by atoms with Crippen LogP contribution >= 0.6 is 0 Å². The SMILES string of the molecule is CC1CN(C)CCCN1C(=O)[C@@H]1CC[C@H](C(=O)O)C1. The van der Waals surface area contributed by atoms with Crippen molar-refractivity contribution >= 4 is 11.9 Å². The molecule has 3 atom stereocenters. The van der Waals surface area contributed by atoms with E-state index in [1.165, 1.54) is 0 Å². The van der Waals surface area contributed by atoms with E-state index in [2.05, 4.69) is 18.9 Å². The van der Waals surface area contributed by atoms with Gasteiger partial charge in [0.2, 0.25) is 5.91 Å². The van der Waals surface area contributed by atoms with E-state index in [1.807, 2.05) is 4.90 Å². The van der Waals surface area contributed by atoms with Crippen LogP contribution in [0.3, 0.4) is 0 Å². The molecule has 1 saturated carbocycles. The quantitative estimate of drug-likeness (QED) is 0.813. The molecule has 2 rings (SSSR count). The Morgan fingerprint density at radius 2 is 1.84 bits per heavy atom. The number of likely N-dealkylation sites (N-methyl/N-ethyl adjacent to an activating group) is 1. The maximum Gasteiger partial charge on any atom is 0.306 e. The van der Waals surface area contributed by atoms with Gasteiger partial charge in [-0.05, 0) is 46.2 Å². The molecule has 1 unspecified atom stereocenters. The van der Waals surface area contributed by atoms with Gasteiger partial charge in [0.1, 0.15) is 0 Å². The molecule has 1 saturated heterocycles. The second-order valence-electron chi connectivity index (χ2n) is 6.04. The van der Waals surface area contributed by atoms with E-state index >= 15 is 0 Å². The summed E-state index contributed by atoms with van der Waals surface area (Å²) in [6.45, 7) is 4.82. The fourth-order valence-electron chi connectivity index (χ4n) is 3.36. The highest BCUT2D eigenvalue weighted by Gasteiger charge is 2.37. The fraction of sp³-hybridized carbons (Fsp3) is 0.857. The second-order valence-corrected chi connectivity index (χ2v) is 6.04. The summed E-state index contributed by atoms with van der Waals surface area (Å²) in [5.41, 5.74) is 0. The molecule has 0 aromatic heterocycles. The van der Waals surface area contributed by atoms with Crippen molar-refractivity contribution in [2.45, 2.75) is 38.6 Å². The lowest BCUT2D eigenvalue weighted by molar-refractivity contribution is -0.142. The molecule has 108 valence electrons. The number of aliphatic carboxylic acids is 1. The van der Waals surface area contributed by atoms with Crippen molar-refractivity contribution in [1.82, 2.24) is 9.80 Å². The van der Waals surface area contributed by atoms with Crippen LogP contribution in [-0.4, -0.2) is 59.5 Å². The van der Waals surface area contributed by atoms with Crippen LogP contribution in [-0.2, 0) is 9.59 Å². The number of rotatable bonds is 2. The van der Waals surface area contributed by atoms with E-state index in [0.29, 0.717) is 12.8 Å². The van der Waals surface area contributed by atoms with Crippen LogP contribution < -0.4 is 0 Å². The van der Waals surface area contributed by atoms with Crippen LogP contribution in [0.4, 0.5) is 0 Å². The van der Waals surface area contributed by atoms with E-state index in [9.17, 15) is 9.59 Å². The van der Waals surface area contributed by atoms with Crippen molar-refractivity contribution in [1.29, 1.82) is 0 Å². The zero-order valence-electron chi connectivity index (χ0n) is 11.8. The Labute approximate surface area is 114 Å². The minimum Gasteiger partial charge on any atom is -0.481 e. The van der Waals surface area contributed by atoms with E-state index < -0.39 is 5.97 Å². The van der Waals surface area contributed by atoms with Crippen LogP contribution in [0.2, 0.25) is 0 Å². The molecule has 5 nitrogen and oxygen atoms in total. The second kappa shape index (κ2) is 5.90. The fourth-order valence-corrected chi connectivity index (χ4v) is 3.36. The van der Waals surface area contributed by atoms with Gasteiger partial charge in [0.15, 0.2) is 0 Å². The molecule has 1 heterocycles. The van der Waals surface area contributed by atoms with Crippen molar-refractivity contribution in [3.8, 4) is 0 Å². The molecular formula is C14H24N2O3. The third kappa shape index (κ3) is 3.26. The van der Waals surface area contributed by atoms with Gasteiger partial charge in [-0.1, -0.05) is 0 Å². The molecule has 5 heteroatoms. The topological polar surface area (TPSA) is 60.9 Å². The zero-order valence-corrected chi connectivity index (χ0v) is 11.8. The molecule has 0 aromatic rings. The van der Waals surface area contributed by atoms with Gasteiger partial charge in [-0.15, -0.1) is 0 Å². The van der Waals surface area contributed by atoms with Crippen LogP contribution in [0, 0.1) is 11.8 Å². The first-order valence-electron chi connectivity index (χ1n) is 7.21. The molecule has 1 aliphatic carbocycles. The van der Waals surface area contributed by atoms with Crippen molar-refractivity contribution < 1.29 is 14.7 Å². The van der Waals surface area contributed by atoms with Crippen LogP contribution in [0.15, 0.2) is 0 Å². The number of nitrogens with zero attached hydrogens (tertiary/aromatic N) is 2. The van der Waals surface area contributed by atoms with Crippen molar-refractivity contribution in [2.24, 2.45) is 11.8 Å². The van der Waals surface area contributed by atoms with Gasteiger partial charge in [0.05, 0.1) is 5.92 Å². The number of carboxylic acids is 1. The lowest BCUT2D eigenvalue weighted by Crippen LogP contribution is -2.44. The molecule has 0 aromatic carbocycles. The standard InChI is InChI=1S/C14H24N2O3/c1-10-9-15(2)6-3-7-16(10)13(17)11-4-5-12(8-11)14(18)19/h10-12H,3-9H2,1-2H3,(H,18,19)/t10?,11-,12+/m1/s1. The first-order chi connectivity index (χ1) is 8.99. The normalized spacial score (nSPS) is 33.2. The highest BCUT2D eigenvalue weighted by Crippen LogP contribution is 2.33. The average Bonchev–Trinajstić information content (AvgIpc) is 2.77. The molecule has 1 amide bonds. The summed E-state index contributed by atoms with van der Waals surface area (Å²) in [5, 5.41) is 9.02. The predicted octanol–water partition coefficient (Wildman–Crippen LogP) is 1.04. The Balaban J connectivity index is 1.97. The van der Waals surface area contributed by atoms with Gasteiger partial charge in [0, 0.05) is 25.0 Å². The molecular weight excluding hydrogens is 244 g/mol. The average molecular weight is 268 g/mol. The van der Waals surface area contributed by atoms with Crippen molar-refractivity contribution in [3.05, 3.63) is 0 Å². The third-order valence-electron chi connectivity index (χ3n) is 4.46. The Hall–Kier alpha value is -1.10. The van der Waals surface area contributed by atoms with Gasteiger partial charge >= 0.3 is 5.97 Å². The van der Waals surface area contributed by atoms with Crippen molar-refractivity contribution in [2.75, 3.05) is 26.7 Å². The monoisotopic (exact) mass is 268 g/mol. The van der Waals surface area contributed by atoms with Crippen LogP contribution in [0.25, 0.3) is 0 Å². The summed E-state index contributed by atoms with van der Waals surface area (Å²) >= 11 is 0. The number of carbonyl (C=O) groups is 2. The largest absolute Gasteiger partial charge is 0.481 e. The first-order valence-corrected chi connectivity index (χ1v) is 7.21. The summed E-state index contributed by atoms with van der Waals surface area (Å²) < 4.78 is 0. The number of hydrogen-bond donors (Lipinski definition) is 1. The smallest absolute Gasteiger partial charge is 0.306 e. The predicted molar refractivity (Wildman–Crippen MR) is 71.8 cm³/mol. The highest BCUT2D eigenvalue weighted by atomic mass is 16.4. The van der Waals surface area contributed by atoms with Crippen LogP contribution in [0.5, 0.6) is 0 Å². The molecule has 1 N–H and O–H groups in total. The van der Waals surface area contributed by atoms with Gasteiger partial charge in [-0.25, -0.2) is 0 Å². The number of hydrogen-bond acceptors (Lipinski definition) is 3. The van der Waals surface area contributed by atoms with Gasteiger partial charge in [-0.3, -0.25) is 9.59 Å². The number of carboxylic acid groups (broad SMARTS) is 1. The van der Waals surface area contributed by atoms with E-state index in [4.69, 9.17) is 5.11 Å². The summed E-state index contributed by atoms with van der Waals surface area (Å²) in [6, 6.07) is 0.226. The number of amides is 1. The van der Waals surface area contributed by atoms with E-state index in [0.717, 1.165) is 32.5 Å². The maximum absolute atomic E-state index is 12.6. The molecule has 2 fully saturated rings. The minimum absolute atomic E-state index is 0.0769. The van der Waals surface area contributed by atoms with Gasteiger partial charge < -0.3 is 14.9 Å². The highest BCUT2D eigenvalue weighted by molar-refractivity contribution is 5.81. The van der Waals surface area contributed by atoms with Crippen molar-refractivity contribution in [3.63, 3.8) is 0 Å². The van der Waals surface area contributed by atoms with Crippen LogP contribution in [0.1, 0.15) is 32.6 Å². The Morgan fingerprint density at radius 1 is 1.16 bits per heavy atom. The van der Waals surface area contributed by atoms with E-state index in [1.54, 1.807) is 0 Å². The van der Waals surface area contributed by atoms with Gasteiger partial charge in [0.25, 0.3) is 0 Å². The lowest BCUT2D eigenvalue weighted by atomic mass is 10.0. The molecule has 0 radical (unpaired) electrons. The minimum atomic E-state index is -0.751. The molecule has 2 aliphatic rings. The Bertz CT molecular complexity index is 359. The summed E-state index contributed by atoms with van der Waals surface area (Å²) in [6.07, 6.45) is 2.90. The van der Waals surface area contributed by atoms with Gasteiger partial charge in [-0.2, -0.15) is 0 Å².